The van der Waals surface area contributed by atoms with Gasteiger partial charge in [0.2, 0.25) is 5.91 Å². The minimum absolute atomic E-state index is 0.357. The molecule has 3 heteroatoms. The Labute approximate surface area is 103 Å². The fourth-order valence-corrected chi connectivity index (χ4v) is 2.93. The highest BCUT2D eigenvalue weighted by molar-refractivity contribution is 6.18. The zero-order valence-electron chi connectivity index (χ0n) is 9.96. The summed E-state index contributed by atoms with van der Waals surface area (Å²) < 4.78 is 0. The van der Waals surface area contributed by atoms with Crippen LogP contribution in [-0.2, 0) is 4.79 Å². The maximum absolute atomic E-state index is 12.2. The molecular formula is C13H22ClNO. The lowest BCUT2D eigenvalue weighted by Crippen LogP contribution is -2.36. The maximum Gasteiger partial charge on any atom is 0.223 e. The molecule has 92 valence electrons. The third-order valence-corrected chi connectivity index (χ3v) is 3.99. The van der Waals surface area contributed by atoms with Gasteiger partial charge >= 0.3 is 0 Å². The first-order valence-corrected chi connectivity index (χ1v) is 7.20. The van der Waals surface area contributed by atoms with Gasteiger partial charge in [0.1, 0.15) is 0 Å². The van der Waals surface area contributed by atoms with Crippen molar-refractivity contribution in [1.29, 1.82) is 0 Å². The van der Waals surface area contributed by atoms with E-state index >= 15 is 0 Å². The van der Waals surface area contributed by atoms with Gasteiger partial charge < -0.3 is 4.90 Å². The van der Waals surface area contributed by atoms with Gasteiger partial charge in [0.05, 0.1) is 0 Å². The molecule has 0 unspecified atom stereocenters. The summed E-state index contributed by atoms with van der Waals surface area (Å²) in [7, 11) is 0. The number of hydrogen-bond donors (Lipinski definition) is 0. The van der Waals surface area contributed by atoms with Crippen LogP contribution in [0.25, 0.3) is 0 Å². The van der Waals surface area contributed by atoms with Crippen LogP contribution in [-0.4, -0.2) is 29.3 Å². The molecule has 0 aromatic rings. The monoisotopic (exact) mass is 243 g/mol. The van der Waals surface area contributed by atoms with Crippen molar-refractivity contribution in [3.8, 4) is 0 Å². The molecule has 2 nitrogen and oxygen atoms in total. The highest BCUT2D eigenvalue weighted by Gasteiger charge is 2.32. The maximum atomic E-state index is 12.2. The molecule has 0 aliphatic heterocycles. The third-order valence-electron chi connectivity index (χ3n) is 3.82. The molecular weight excluding hydrogens is 222 g/mol. The summed E-state index contributed by atoms with van der Waals surface area (Å²) in [6.07, 6.45) is 9.65. The lowest BCUT2D eigenvalue weighted by molar-refractivity contribution is -0.132. The topological polar surface area (TPSA) is 20.3 Å². The van der Waals surface area contributed by atoms with Crippen molar-refractivity contribution >= 4 is 17.5 Å². The Morgan fingerprint density at radius 1 is 1.12 bits per heavy atom. The fraction of sp³-hybridized carbons (Fsp3) is 0.923. The number of alkyl halides is 1. The molecule has 2 rings (SSSR count). The van der Waals surface area contributed by atoms with Crippen molar-refractivity contribution in [3.05, 3.63) is 0 Å². The van der Waals surface area contributed by atoms with Gasteiger partial charge in [-0.05, 0) is 31.6 Å². The van der Waals surface area contributed by atoms with E-state index in [0.717, 1.165) is 13.0 Å². The number of nitrogens with zero attached hydrogens (tertiary/aromatic N) is 1. The van der Waals surface area contributed by atoms with Gasteiger partial charge in [0.15, 0.2) is 0 Å². The molecule has 2 fully saturated rings. The standard InChI is InChI=1S/C13H22ClNO/c14-8-9-15(12-6-7-12)13(16)10-11-4-2-1-3-5-11/h11-12H,1-10H2. The first-order valence-electron chi connectivity index (χ1n) is 6.66. The molecule has 0 bridgehead atoms. The average molecular weight is 244 g/mol. The summed E-state index contributed by atoms with van der Waals surface area (Å²) in [5, 5.41) is 0. The summed E-state index contributed by atoms with van der Waals surface area (Å²) in [5.41, 5.74) is 0. The van der Waals surface area contributed by atoms with Crippen LogP contribution in [0.15, 0.2) is 0 Å². The zero-order chi connectivity index (χ0) is 11.4. The number of carbonyl (C=O) groups excluding carboxylic acids is 1. The Morgan fingerprint density at radius 2 is 1.81 bits per heavy atom. The van der Waals surface area contributed by atoms with Crippen molar-refractivity contribution in [2.24, 2.45) is 5.92 Å². The number of rotatable bonds is 5. The van der Waals surface area contributed by atoms with Gasteiger partial charge in [-0.25, -0.2) is 0 Å². The predicted molar refractivity (Wildman–Crippen MR) is 66.6 cm³/mol. The largest absolute Gasteiger partial charge is 0.339 e. The van der Waals surface area contributed by atoms with Crippen molar-refractivity contribution in [2.45, 2.75) is 57.4 Å². The van der Waals surface area contributed by atoms with Crippen LogP contribution >= 0.6 is 11.6 Å². The van der Waals surface area contributed by atoms with Crippen LogP contribution < -0.4 is 0 Å². The first-order chi connectivity index (χ1) is 7.81. The van der Waals surface area contributed by atoms with Crippen molar-refractivity contribution in [2.75, 3.05) is 12.4 Å². The molecule has 2 aliphatic carbocycles. The van der Waals surface area contributed by atoms with Gasteiger partial charge in [-0.15, -0.1) is 11.6 Å². The van der Waals surface area contributed by atoms with Crippen LogP contribution in [0, 0.1) is 5.92 Å². The lowest BCUT2D eigenvalue weighted by atomic mass is 9.86. The number of amides is 1. The minimum Gasteiger partial charge on any atom is -0.339 e. The summed E-state index contributed by atoms with van der Waals surface area (Å²) in [5.74, 6) is 1.58. The molecule has 16 heavy (non-hydrogen) atoms. The van der Waals surface area contributed by atoms with Crippen molar-refractivity contribution in [1.82, 2.24) is 4.90 Å². The van der Waals surface area contributed by atoms with E-state index in [1.54, 1.807) is 0 Å². The number of carbonyl (C=O) groups is 1. The van der Waals surface area contributed by atoms with Crippen LogP contribution in [0.1, 0.15) is 51.4 Å². The molecule has 0 radical (unpaired) electrons. The van der Waals surface area contributed by atoms with Gasteiger partial charge in [0.25, 0.3) is 0 Å². The van der Waals surface area contributed by atoms with E-state index in [-0.39, 0.29) is 0 Å². The predicted octanol–water partition coefficient (Wildman–Crippen LogP) is 3.19. The van der Waals surface area contributed by atoms with E-state index < -0.39 is 0 Å². The molecule has 0 saturated heterocycles. The normalized spacial score (nSPS) is 22.1. The van der Waals surface area contributed by atoms with Crippen LogP contribution in [0.4, 0.5) is 0 Å². The van der Waals surface area contributed by atoms with Gasteiger partial charge in [-0.3, -0.25) is 4.79 Å². The first kappa shape index (κ1) is 12.2. The van der Waals surface area contributed by atoms with E-state index in [1.165, 1.54) is 44.9 Å². The molecule has 0 aromatic carbocycles. The molecule has 0 N–H and O–H groups in total. The summed E-state index contributed by atoms with van der Waals surface area (Å²) in [4.78, 5) is 14.2. The highest BCUT2D eigenvalue weighted by atomic mass is 35.5. The number of hydrogen-bond acceptors (Lipinski definition) is 1. The second kappa shape index (κ2) is 5.90. The molecule has 0 heterocycles. The second-order valence-electron chi connectivity index (χ2n) is 5.22. The van der Waals surface area contributed by atoms with Crippen LogP contribution in [0.5, 0.6) is 0 Å². The SMILES string of the molecule is O=C(CC1CCCCC1)N(CCCl)C1CC1. The Kier molecular flexibility index (Phi) is 4.51. The smallest absolute Gasteiger partial charge is 0.223 e. The number of halogens is 1. The summed E-state index contributed by atoms with van der Waals surface area (Å²) in [6.45, 7) is 0.748. The van der Waals surface area contributed by atoms with E-state index in [4.69, 9.17) is 11.6 Å². The Bertz CT molecular complexity index is 234. The Balaban J connectivity index is 1.79. The van der Waals surface area contributed by atoms with Crippen LogP contribution in [0.2, 0.25) is 0 Å². The van der Waals surface area contributed by atoms with Gasteiger partial charge in [0, 0.05) is 24.9 Å². The average Bonchev–Trinajstić information content (AvgIpc) is 3.11. The van der Waals surface area contributed by atoms with Crippen molar-refractivity contribution in [3.63, 3.8) is 0 Å². The van der Waals surface area contributed by atoms with E-state index in [2.05, 4.69) is 0 Å². The van der Waals surface area contributed by atoms with Gasteiger partial charge in [-0.1, -0.05) is 19.3 Å². The summed E-state index contributed by atoms with van der Waals surface area (Å²) >= 11 is 5.76. The molecule has 0 spiro atoms. The Morgan fingerprint density at radius 3 is 2.38 bits per heavy atom. The Hall–Kier alpha value is -0.240. The van der Waals surface area contributed by atoms with E-state index in [9.17, 15) is 4.79 Å². The van der Waals surface area contributed by atoms with Crippen LogP contribution in [0.3, 0.4) is 0 Å². The molecule has 1 amide bonds. The quantitative estimate of drug-likeness (QED) is 0.680. The fourth-order valence-electron chi connectivity index (χ4n) is 2.74. The molecule has 2 saturated carbocycles. The van der Waals surface area contributed by atoms with E-state index in [1.807, 2.05) is 4.90 Å². The third kappa shape index (κ3) is 3.38. The highest BCUT2D eigenvalue weighted by Crippen LogP contribution is 2.31. The minimum atomic E-state index is 0.357. The lowest BCUT2D eigenvalue weighted by Gasteiger charge is -2.26. The zero-order valence-corrected chi connectivity index (χ0v) is 10.7. The van der Waals surface area contributed by atoms with Gasteiger partial charge in [-0.2, -0.15) is 0 Å². The van der Waals surface area contributed by atoms with Crippen molar-refractivity contribution < 1.29 is 4.79 Å². The second-order valence-corrected chi connectivity index (χ2v) is 5.59. The molecule has 0 atom stereocenters. The molecule has 0 aromatic heterocycles. The summed E-state index contributed by atoms with van der Waals surface area (Å²) in [6, 6.07) is 0.523. The van der Waals surface area contributed by atoms with E-state index in [0.29, 0.717) is 23.7 Å². The molecule has 2 aliphatic rings.